The van der Waals surface area contributed by atoms with Crippen LogP contribution in [0.1, 0.15) is 0 Å². The van der Waals surface area contributed by atoms with Crippen LogP contribution in [0.15, 0.2) is 41.3 Å². The molecular weight excluding hydrogens is 300 g/mol. The summed E-state index contributed by atoms with van der Waals surface area (Å²) in [6.45, 7) is 0. The summed E-state index contributed by atoms with van der Waals surface area (Å²) in [6, 6.07) is 3.61. The third kappa shape index (κ3) is 2.90. The van der Waals surface area contributed by atoms with Crippen LogP contribution >= 0.6 is 0 Å². The van der Waals surface area contributed by atoms with E-state index in [1.165, 1.54) is 0 Å². The Balaban J connectivity index is 2.41. The molecular formula is C12H6F4O3S. The molecule has 0 aliphatic carbocycles. The standard InChI is InChI=1S/C12H6F4O3S/c13-7-1-3-11(9(15)5-7)19-20(17,18)12-4-2-8(14)6-10(12)16/h1-6H. The smallest absolute Gasteiger partial charge is 0.342 e. The highest BCUT2D eigenvalue weighted by Crippen LogP contribution is 2.24. The highest BCUT2D eigenvalue weighted by atomic mass is 32.2. The Morgan fingerprint density at radius 3 is 1.90 bits per heavy atom. The van der Waals surface area contributed by atoms with E-state index in [2.05, 4.69) is 4.18 Å². The van der Waals surface area contributed by atoms with Gasteiger partial charge in [-0.3, -0.25) is 0 Å². The average Bonchev–Trinajstić information content (AvgIpc) is 2.32. The number of hydrogen-bond donors (Lipinski definition) is 0. The molecule has 0 aliphatic rings. The molecule has 0 saturated heterocycles. The van der Waals surface area contributed by atoms with Crippen LogP contribution in [-0.4, -0.2) is 8.42 Å². The number of benzene rings is 2. The Bertz CT molecular complexity index is 759. The Hall–Kier alpha value is -2.09. The summed E-state index contributed by atoms with van der Waals surface area (Å²) in [5.41, 5.74) is 0. The zero-order valence-corrected chi connectivity index (χ0v) is 10.4. The van der Waals surface area contributed by atoms with Crippen LogP contribution in [-0.2, 0) is 10.1 Å². The molecule has 0 atom stereocenters. The molecule has 0 fully saturated rings. The quantitative estimate of drug-likeness (QED) is 0.647. The van der Waals surface area contributed by atoms with Crippen LogP contribution < -0.4 is 4.18 Å². The summed E-state index contributed by atoms with van der Waals surface area (Å²) < 4.78 is 79.8. The molecule has 0 N–H and O–H groups in total. The van der Waals surface area contributed by atoms with Gasteiger partial charge in [0, 0.05) is 12.1 Å². The van der Waals surface area contributed by atoms with Crippen molar-refractivity contribution in [3.05, 3.63) is 59.7 Å². The van der Waals surface area contributed by atoms with Crippen molar-refractivity contribution in [3.63, 3.8) is 0 Å². The van der Waals surface area contributed by atoms with Gasteiger partial charge in [0.1, 0.15) is 22.3 Å². The molecule has 0 aliphatic heterocycles. The summed E-state index contributed by atoms with van der Waals surface area (Å²) in [7, 11) is -4.70. The van der Waals surface area contributed by atoms with Crippen LogP contribution in [0, 0.1) is 23.3 Å². The predicted octanol–water partition coefficient (Wildman–Crippen LogP) is 3.01. The summed E-state index contributed by atoms with van der Waals surface area (Å²) >= 11 is 0. The van der Waals surface area contributed by atoms with Crippen molar-refractivity contribution < 1.29 is 30.2 Å². The Morgan fingerprint density at radius 2 is 1.35 bits per heavy atom. The van der Waals surface area contributed by atoms with Crippen molar-refractivity contribution in [3.8, 4) is 5.75 Å². The van der Waals surface area contributed by atoms with Crippen LogP contribution in [0.5, 0.6) is 5.75 Å². The van der Waals surface area contributed by atoms with Gasteiger partial charge in [-0.05, 0) is 24.3 Å². The van der Waals surface area contributed by atoms with Crippen molar-refractivity contribution in [1.29, 1.82) is 0 Å². The maximum atomic E-state index is 13.4. The second-order valence-corrected chi connectivity index (χ2v) is 5.20. The fourth-order valence-electron chi connectivity index (χ4n) is 1.38. The summed E-state index contributed by atoms with van der Waals surface area (Å²) in [6.07, 6.45) is 0. The summed E-state index contributed by atoms with van der Waals surface area (Å²) in [4.78, 5) is -0.956. The molecule has 0 bridgehead atoms. The first-order chi connectivity index (χ1) is 9.29. The second-order valence-electron chi connectivity index (χ2n) is 3.69. The monoisotopic (exact) mass is 306 g/mol. The van der Waals surface area contributed by atoms with Gasteiger partial charge in [-0.2, -0.15) is 8.42 Å². The van der Waals surface area contributed by atoms with Crippen molar-refractivity contribution in [2.75, 3.05) is 0 Å². The van der Waals surface area contributed by atoms with Gasteiger partial charge in [0.15, 0.2) is 11.6 Å². The van der Waals surface area contributed by atoms with Crippen molar-refractivity contribution >= 4 is 10.1 Å². The lowest BCUT2D eigenvalue weighted by molar-refractivity contribution is 0.450. The van der Waals surface area contributed by atoms with E-state index in [1.54, 1.807) is 0 Å². The van der Waals surface area contributed by atoms with E-state index in [-0.39, 0.29) is 0 Å². The van der Waals surface area contributed by atoms with Crippen LogP contribution in [0.25, 0.3) is 0 Å². The molecule has 2 rings (SSSR count). The molecule has 0 radical (unpaired) electrons. The highest BCUT2D eigenvalue weighted by Gasteiger charge is 2.23. The van der Waals surface area contributed by atoms with Gasteiger partial charge in [-0.1, -0.05) is 0 Å². The number of rotatable bonds is 3. The van der Waals surface area contributed by atoms with E-state index in [9.17, 15) is 26.0 Å². The van der Waals surface area contributed by atoms with E-state index in [0.717, 1.165) is 12.1 Å². The minimum atomic E-state index is -4.70. The lowest BCUT2D eigenvalue weighted by Crippen LogP contribution is -2.12. The normalized spacial score (nSPS) is 11.4. The van der Waals surface area contributed by atoms with E-state index in [1.807, 2.05) is 0 Å². The van der Waals surface area contributed by atoms with Gasteiger partial charge in [-0.15, -0.1) is 0 Å². The van der Waals surface area contributed by atoms with Crippen LogP contribution in [0.4, 0.5) is 17.6 Å². The van der Waals surface area contributed by atoms with Crippen LogP contribution in [0.2, 0.25) is 0 Å². The topological polar surface area (TPSA) is 43.4 Å². The minimum Gasteiger partial charge on any atom is -0.376 e. The second kappa shape index (κ2) is 5.12. The van der Waals surface area contributed by atoms with Gasteiger partial charge < -0.3 is 4.18 Å². The maximum Gasteiger partial charge on any atom is 0.342 e. The van der Waals surface area contributed by atoms with Gasteiger partial charge in [0.25, 0.3) is 0 Å². The molecule has 0 unspecified atom stereocenters. The molecule has 2 aromatic rings. The molecule has 3 nitrogen and oxygen atoms in total. The minimum absolute atomic E-state index is 0.345. The summed E-state index contributed by atoms with van der Waals surface area (Å²) in [5.74, 6) is -5.35. The molecule has 2 aromatic carbocycles. The maximum absolute atomic E-state index is 13.4. The van der Waals surface area contributed by atoms with E-state index >= 15 is 0 Å². The van der Waals surface area contributed by atoms with E-state index in [4.69, 9.17) is 0 Å². The van der Waals surface area contributed by atoms with Gasteiger partial charge in [0.2, 0.25) is 0 Å². The van der Waals surface area contributed by atoms with Gasteiger partial charge in [-0.25, -0.2) is 17.6 Å². The van der Waals surface area contributed by atoms with E-state index < -0.39 is 44.0 Å². The molecule has 0 aromatic heterocycles. The van der Waals surface area contributed by atoms with Crippen molar-refractivity contribution in [2.24, 2.45) is 0 Å². The van der Waals surface area contributed by atoms with Gasteiger partial charge >= 0.3 is 10.1 Å². The molecule has 20 heavy (non-hydrogen) atoms. The molecule has 0 heterocycles. The molecule has 0 spiro atoms. The van der Waals surface area contributed by atoms with Crippen LogP contribution in [0.3, 0.4) is 0 Å². The Kier molecular flexibility index (Phi) is 3.67. The first-order valence-corrected chi connectivity index (χ1v) is 6.55. The Labute approximate surface area is 111 Å². The van der Waals surface area contributed by atoms with Crippen molar-refractivity contribution in [1.82, 2.24) is 0 Å². The number of hydrogen-bond acceptors (Lipinski definition) is 3. The lowest BCUT2D eigenvalue weighted by Gasteiger charge is -2.08. The molecule has 8 heteroatoms. The highest BCUT2D eigenvalue weighted by molar-refractivity contribution is 7.87. The first kappa shape index (κ1) is 14.3. The predicted molar refractivity (Wildman–Crippen MR) is 60.5 cm³/mol. The molecule has 0 saturated carbocycles. The lowest BCUT2D eigenvalue weighted by atomic mass is 10.3. The zero-order valence-electron chi connectivity index (χ0n) is 9.61. The molecule has 0 amide bonds. The largest absolute Gasteiger partial charge is 0.376 e. The summed E-state index contributed by atoms with van der Waals surface area (Å²) in [5, 5.41) is 0. The third-order valence-corrected chi connectivity index (χ3v) is 3.53. The van der Waals surface area contributed by atoms with E-state index in [0.29, 0.717) is 24.3 Å². The third-order valence-electron chi connectivity index (χ3n) is 2.26. The fourth-order valence-corrected chi connectivity index (χ4v) is 2.38. The SMILES string of the molecule is O=S(=O)(Oc1ccc(F)cc1F)c1ccc(F)cc1F. The fraction of sp³-hybridized carbons (Fsp3) is 0. The Morgan fingerprint density at radius 1 is 0.800 bits per heavy atom. The first-order valence-electron chi connectivity index (χ1n) is 5.14. The zero-order chi connectivity index (χ0) is 14.9. The number of halogens is 4. The molecule has 106 valence electrons. The average molecular weight is 306 g/mol. The van der Waals surface area contributed by atoms with Gasteiger partial charge in [0.05, 0.1) is 0 Å². The van der Waals surface area contributed by atoms with Crippen molar-refractivity contribution in [2.45, 2.75) is 4.90 Å².